The summed E-state index contributed by atoms with van der Waals surface area (Å²) in [5.41, 5.74) is 0.826. The van der Waals surface area contributed by atoms with Crippen molar-refractivity contribution in [2.45, 2.75) is 31.7 Å². The molecule has 28 heavy (non-hydrogen) atoms. The van der Waals surface area contributed by atoms with Gasteiger partial charge >= 0.3 is 0 Å². The molecule has 0 aliphatic carbocycles. The van der Waals surface area contributed by atoms with Gasteiger partial charge < -0.3 is 14.6 Å². The predicted molar refractivity (Wildman–Crippen MR) is 103 cm³/mol. The third kappa shape index (κ3) is 3.90. The van der Waals surface area contributed by atoms with Crippen LogP contribution in [0.5, 0.6) is 5.75 Å². The van der Waals surface area contributed by atoms with E-state index in [4.69, 9.17) is 0 Å². The number of carbonyl (C=O) groups is 1. The average molecular weight is 380 g/mol. The third-order valence-corrected chi connectivity index (χ3v) is 5.27. The van der Waals surface area contributed by atoms with Crippen molar-refractivity contribution in [2.75, 3.05) is 13.1 Å². The van der Waals surface area contributed by atoms with Gasteiger partial charge in [-0.05, 0) is 36.6 Å². The van der Waals surface area contributed by atoms with Crippen LogP contribution in [0.25, 0.3) is 0 Å². The number of piperidine rings is 1. The topological polar surface area (TPSA) is 89.1 Å². The van der Waals surface area contributed by atoms with Crippen LogP contribution < -0.4 is 0 Å². The fraction of sp³-hybridized carbons (Fsp3) is 0.400. The van der Waals surface area contributed by atoms with E-state index < -0.39 is 0 Å². The molecule has 8 nitrogen and oxygen atoms in total. The van der Waals surface area contributed by atoms with Gasteiger partial charge in [0.15, 0.2) is 5.82 Å². The normalized spacial score (nSPS) is 17.0. The van der Waals surface area contributed by atoms with Gasteiger partial charge in [0, 0.05) is 38.4 Å². The lowest BCUT2D eigenvalue weighted by molar-refractivity contribution is -0.131. The van der Waals surface area contributed by atoms with Gasteiger partial charge in [-0.3, -0.25) is 9.48 Å². The molecule has 1 N–H and O–H groups in total. The molecule has 1 aliphatic heterocycles. The van der Waals surface area contributed by atoms with Crippen molar-refractivity contribution < 1.29 is 9.90 Å². The van der Waals surface area contributed by atoms with Crippen LogP contribution in [-0.2, 0) is 24.8 Å². The maximum Gasteiger partial charge on any atom is 0.227 e. The fourth-order valence-electron chi connectivity index (χ4n) is 3.77. The Hall–Kier alpha value is -3.16. The van der Waals surface area contributed by atoms with Crippen LogP contribution in [0.3, 0.4) is 0 Å². The molecule has 4 rings (SSSR count). The lowest BCUT2D eigenvalue weighted by atomic mass is 9.96. The van der Waals surface area contributed by atoms with E-state index >= 15 is 0 Å². The first-order chi connectivity index (χ1) is 13.6. The summed E-state index contributed by atoms with van der Waals surface area (Å²) in [6, 6.07) is 8.76. The highest BCUT2D eigenvalue weighted by Gasteiger charge is 2.28. The number of aromatic nitrogens is 5. The Morgan fingerprint density at radius 2 is 2.18 bits per heavy atom. The third-order valence-electron chi connectivity index (χ3n) is 5.27. The molecular weight excluding hydrogens is 356 g/mol. The van der Waals surface area contributed by atoms with E-state index in [1.54, 1.807) is 24.4 Å². The second-order valence-electron chi connectivity index (χ2n) is 7.26. The van der Waals surface area contributed by atoms with E-state index in [0.29, 0.717) is 19.5 Å². The Labute approximate surface area is 163 Å². The number of hydrogen-bond donors (Lipinski definition) is 1. The Morgan fingerprint density at radius 1 is 1.29 bits per heavy atom. The largest absolute Gasteiger partial charge is 0.508 e. The summed E-state index contributed by atoms with van der Waals surface area (Å²) in [4.78, 5) is 14.7. The van der Waals surface area contributed by atoms with Crippen LogP contribution in [0.2, 0.25) is 0 Å². The second kappa shape index (κ2) is 7.84. The minimum atomic E-state index is 0.0780. The molecule has 0 saturated carbocycles. The molecule has 3 aromatic rings. The van der Waals surface area contributed by atoms with Gasteiger partial charge in [0.1, 0.15) is 18.1 Å². The zero-order valence-corrected chi connectivity index (χ0v) is 15.9. The molecule has 0 unspecified atom stereocenters. The van der Waals surface area contributed by atoms with Crippen molar-refractivity contribution >= 4 is 5.91 Å². The minimum Gasteiger partial charge on any atom is -0.508 e. The van der Waals surface area contributed by atoms with E-state index in [9.17, 15) is 9.90 Å². The van der Waals surface area contributed by atoms with Gasteiger partial charge in [-0.2, -0.15) is 5.10 Å². The highest BCUT2D eigenvalue weighted by molar-refractivity contribution is 5.79. The van der Waals surface area contributed by atoms with Crippen LogP contribution in [0.1, 0.15) is 36.0 Å². The standard InChI is InChI=1S/C20H24N6O2/c1-24-18(14-26-10-4-8-21-26)22-23-20(24)16-6-3-9-25(13-16)19(28)12-15-5-2-7-17(27)11-15/h2,4-5,7-8,10-11,16,27H,3,6,9,12-14H2,1H3/t16-/m0/s1. The zero-order valence-electron chi connectivity index (χ0n) is 15.9. The molecule has 146 valence electrons. The van der Waals surface area contributed by atoms with Gasteiger partial charge in [0.25, 0.3) is 0 Å². The molecule has 1 atom stereocenters. The Kier molecular flexibility index (Phi) is 5.10. The highest BCUT2D eigenvalue weighted by Crippen LogP contribution is 2.26. The molecule has 1 saturated heterocycles. The summed E-state index contributed by atoms with van der Waals surface area (Å²) in [5.74, 6) is 2.20. The smallest absolute Gasteiger partial charge is 0.227 e. The molecular formula is C20H24N6O2. The summed E-state index contributed by atoms with van der Waals surface area (Å²) in [7, 11) is 1.97. The first-order valence-corrected chi connectivity index (χ1v) is 9.51. The number of phenolic OH excluding ortho intramolecular Hbond substituents is 1. The van der Waals surface area contributed by atoms with Crippen LogP contribution in [-0.4, -0.2) is 53.5 Å². The quantitative estimate of drug-likeness (QED) is 0.728. The summed E-state index contributed by atoms with van der Waals surface area (Å²) >= 11 is 0. The number of amides is 1. The van der Waals surface area contributed by atoms with Crippen LogP contribution in [0, 0.1) is 0 Å². The van der Waals surface area contributed by atoms with E-state index in [1.165, 1.54) is 0 Å². The molecule has 3 heterocycles. The summed E-state index contributed by atoms with van der Waals surface area (Å²) in [6.07, 6.45) is 5.87. The molecule has 0 bridgehead atoms. The van der Waals surface area contributed by atoms with E-state index in [2.05, 4.69) is 15.3 Å². The van der Waals surface area contributed by atoms with Crippen molar-refractivity contribution in [1.82, 2.24) is 29.4 Å². The van der Waals surface area contributed by atoms with Gasteiger partial charge in [-0.1, -0.05) is 12.1 Å². The molecule has 8 heteroatoms. The lowest BCUT2D eigenvalue weighted by Crippen LogP contribution is -2.40. The molecule has 1 aliphatic rings. The number of phenols is 1. The maximum absolute atomic E-state index is 12.7. The van der Waals surface area contributed by atoms with Gasteiger partial charge in [-0.15, -0.1) is 10.2 Å². The molecule has 1 aromatic carbocycles. The molecule has 1 fully saturated rings. The highest BCUT2D eigenvalue weighted by atomic mass is 16.3. The van der Waals surface area contributed by atoms with Gasteiger partial charge in [0.05, 0.1) is 6.42 Å². The molecule has 0 radical (unpaired) electrons. The van der Waals surface area contributed by atoms with Gasteiger partial charge in [-0.25, -0.2) is 0 Å². The average Bonchev–Trinajstić information content (AvgIpc) is 3.33. The number of aromatic hydroxyl groups is 1. The van der Waals surface area contributed by atoms with Crippen molar-refractivity contribution in [3.63, 3.8) is 0 Å². The van der Waals surface area contributed by atoms with Crippen LogP contribution in [0.15, 0.2) is 42.7 Å². The van der Waals surface area contributed by atoms with Crippen molar-refractivity contribution in [3.8, 4) is 5.75 Å². The van der Waals surface area contributed by atoms with Crippen molar-refractivity contribution in [1.29, 1.82) is 0 Å². The number of carbonyl (C=O) groups excluding carboxylic acids is 1. The van der Waals surface area contributed by atoms with E-state index in [0.717, 1.165) is 36.6 Å². The Balaban J connectivity index is 1.43. The Morgan fingerprint density at radius 3 is 2.96 bits per heavy atom. The second-order valence-corrected chi connectivity index (χ2v) is 7.26. The SMILES string of the molecule is Cn1c(Cn2cccn2)nnc1[C@H]1CCCN(C(=O)Cc2cccc(O)c2)C1. The van der Waals surface area contributed by atoms with Crippen molar-refractivity contribution in [2.24, 2.45) is 7.05 Å². The number of benzene rings is 1. The summed E-state index contributed by atoms with van der Waals surface area (Å²) < 4.78 is 3.84. The Bertz CT molecular complexity index is 950. The lowest BCUT2D eigenvalue weighted by Gasteiger charge is -2.32. The van der Waals surface area contributed by atoms with Crippen molar-refractivity contribution in [3.05, 3.63) is 59.9 Å². The summed E-state index contributed by atoms with van der Waals surface area (Å²) in [5, 5.41) is 22.6. The van der Waals surface area contributed by atoms with Gasteiger partial charge in [0.2, 0.25) is 5.91 Å². The van der Waals surface area contributed by atoms with E-state index in [-0.39, 0.29) is 17.6 Å². The monoisotopic (exact) mass is 380 g/mol. The molecule has 2 aromatic heterocycles. The number of rotatable bonds is 5. The van der Waals surface area contributed by atoms with E-state index in [1.807, 2.05) is 39.5 Å². The summed E-state index contributed by atoms with van der Waals surface area (Å²) in [6.45, 7) is 1.97. The molecule has 0 spiro atoms. The first kappa shape index (κ1) is 18.2. The van der Waals surface area contributed by atoms with Crippen LogP contribution in [0.4, 0.5) is 0 Å². The number of likely N-dealkylation sites (tertiary alicyclic amines) is 1. The number of nitrogens with zero attached hydrogens (tertiary/aromatic N) is 6. The fourth-order valence-corrected chi connectivity index (χ4v) is 3.77. The predicted octanol–water partition coefficient (Wildman–Crippen LogP) is 1.71. The molecule has 1 amide bonds. The number of hydrogen-bond acceptors (Lipinski definition) is 5. The first-order valence-electron chi connectivity index (χ1n) is 9.51. The zero-order chi connectivity index (χ0) is 19.5. The minimum absolute atomic E-state index is 0.0780. The maximum atomic E-state index is 12.7. The van der Waals surface area contributed by atoms with Crippen LogP contribution >= 0.6 is 0 Å².